The third-order valence-electron chi connectivity index (χ3n) is 5.69. The standard InChI is InChI=1S/C24H28N2O3S/c1-16-7-8-18(13-17(16)2)14-26-10-12-29-20(15-26)22-19-5-3-4-6-21(19)30-23(22)24(28)25-9-11-27/h3-8,13,20,27H,9-12,14-15H2,1-2H3,(H,25,28)/t20-/m0/s1. The van der Waals surface area contributed by atoms with Gasteiger partial charge in [0.1, 0.15) is 0 Å². The first kappa shape index (κ1) is 21.0. The lowest BCUT2D eigenvalue weighted by molar-refractivity contribution is -0.0323. The Morgan fingerprint density at radius 3 is 2.87 bits per heavy atom. The lowest BCUT2D eigenvalue weighted by Gasteiger charge is -2.33. The molecule has 0 unspecified atom stereocenters. The summed E-state index contributed by atoms with van der Waals surface area (Å²) in [6.07, 6.45) is -0.156. The molecule has 6 heteroatoms. The molecule has 0 bridgehead atoms. The van der Waals surface area contributed by atoms with Crippen molar-refractivity contribution in [3.05, 3.63) is 69.6 Å². The van der Waals surface area contributed by atoms with Gasteiger partial charge in [-0.2, -0.15) is 0 Å². The molecule has 158 valence electrons. The van der Waals surface area contributed by atoms with Crippen LogP contribution in [0.25, 0.3) is 10.1 Å². The van der Waals surface area contributed by atoms with Crippen LogP contribution in [0.5, 0.6) is 0 Å². The number of hydrogen-bond donors (Lipinski definition) is 2. The van der Waals surface area contributed by atoms with Crippen molar-refractivity contribution in [1.29, 1.82) is 0 Å². The van der Waals surface area contributed by atoms with E-state index >= 15 is 0 Å². The molecule has 0 spiro atoms. The Kier molecular flexibility index (Phi) is 6.49. The lowest BCUT2D eigenvalue weighted by atomic mass is 10.0. The number of hydrogen-bond acceptors (Lipinski definition) is 5. The van der Waals surface area contributed by atoms with E-state index in [0.717, 1.165) is 35.3 Å². The van der Waals surface area contributed by atoms with Crippen molar-refractivity contribution in [1.82, 2.24) is 10.2 Å². The molecule has 1 aliphatic rings. The Labute approximate surface area is 181 Å². The van der Waals surface area contributed by atoms with E-state index in [-0.39, 0.29) is 25.2 Å². The summed E-state index contributed by atoms with van der Waals surface area (Å²) in [4.78, 5) is 15.9. The molecule has 4 rings (SSSR count). The number of nitrogens with one attached hydrogen (secondary N) is 1. The summed E-state index contributed by atoms with van der Waals surface area (Å²) in [7, 11) is 0. The van der Waals surface area contributed by atoms with E-state index in [9.17, 15) is 4.79 Å². The van der Waals surface area contributed by atoms with E-state index in [1.807, 2.05) is 18.2 Å². The number of morpholine rings is 1. The first-order chi connectivity index (χ1) is 14.6. The Bertz CT molecular complexity index is 1050. The van der Waals surface area contributed by atoms with E-state index < -0.39 is 0 Å². The SMILES string of the molecule is Cc1ccc(CN2CCO[C@H](c3c(C(=O)NCCO)sc4ccccc34)C2)cc1C. The van der Waals surface area contributed by atoms with Crippen LogP contribution in [0.3, 0.4) is 0 Å². The lowest BCUT2D eigenvalue weighted by Crippen LogP contribution is -2.38. The summed E-state index contributed by atoms with van der Waals surface area (Å²) >= 11 is 1.49. The summed E-state index contributed by atoms with van der Waals surface area (Å²) in [5, 5.41) is 13.0. The molecule has 2 heterocycles. The summed E-state index contributed by atoms with van der Waals surface area (Å²) in [5.41, 5.74) is 4.89. The smallest absolute Gasteiger partial charge is 0.261 e. The number of nitrogens with zero attached hydrogens (tertiary/aromatic N) is 1. The van der Waals surface area contributed by atoms with Crippen LogP contribution in [0.2, 0.25) is 0 Å². The van der Waals surface area contributed by atoms with Gasteiger partial charge in [0.05, 0.1) is 24.2 Å². The van der Waals surface area contributed by atoms with Crippen molar-refractivity contribution in [3.63, 3.8) is 0 Å². The van der Waals surface area contributed by atoms with Gasteiger partial charge >= 0.3 is 0 Å². The van der Waals surface area contributed by atoms with E-state index in [1.165, 1.54) is 28.0 Å². The van der Waals surface area contributed by atoms with Gasteiger partial charge in [0.2, 0.25) is 0 Å². The van der Waals surface area contributed by atoms with Crippen LogP contribution in [0.4, 0.5) is 0 Å². The molecule has 2 N–H and O–H groups in total. The summed E-state index contributed by atoms with van der Waals surface area (Å²) in [6, 6.07) is 14.7. The molecule has 2 aromatic carbocycles. The average molecular weight is 425 g/mol. The van der Waals surface area contributed by atoms with Gasteiger partial charge in [-0.25, -0.2) is 0 Å². The monoisotopic (exact) mass is 424 g/mol. The fourth-order valence-corrected chi connectivity index (χ4v) is 5.15. The van der Waals surface area contributed by atoms with Gasteiger partial charge < -0.3 is 15.2 Å². The topological polar surface area (TPSA) is 61.8 Å². The highest BCUT2D eigenvalue weighted by molar-refractivity contribution is 7.21. The van der Waals surface area contributed by atoms with E-state index in [1.54, 1.807) is 0 Å². The highest BCUT2D eigenvalue weighted by Crippen LogP contribution is 2.38. The Morgan fingerprint density at radius 1 is 1.23 bits per heavy atom. The van der Waals surface area contributed by atoms with Gasteiger partial charge in [0, 0.05) is 36.4 Å². The van der Waals surface area contributed by atoms with Crippen molar-refractivity contribution >= 4 is 27.3 Å². The number of rotatable bonds is 6. The third-order valence-corrected chi connectivity index (χ3v) is 6.87. The molecule has 1 saturated heterocycles. The van der Waals surface area contributed by atoms with Gasteiger partial charge in [0.15, 0.2) is 0 Å². The second-order valence-corrected chi connectivity index (χ2v) is 8.89. The predicted octanol–water partition coefficient (Wildman–Crippen LogP) is 3.81. The molecule has 1 amide bonds. The molecule has 5 nitrogen and oxygen atoms in total. The van der Waals surface area contributed by atoms with Crippen LogP contribution >= 0.6 is 11.3 Å². The fourth-order valence-electron chi connectivity index (χ4n) is 3.98. The molecule has 0 aliphatic carbocycles. The molecule has 30 heavy (non-hydrogen) atoms. The van der Waals surface area contributed by atoms with Crippen molar-refractivity contribution < 1.29 is 14.6 Å². The third kappa shape index (κ3) is 4.42. The highest BCUT2D eigenvalue weighted by Gasteiger charge is 2.29. The zero-order valence-corrected chi connectivity index (χ0v) is 18.3. The molecule has 0 saturated carbocycles. The number of aryl methyl sites for hydroxylation is 2. The van der Waals surface area contributed by atoms with Crippen molar-refractivity contribution in [2.24, 2.45) is 0 Å². The minimum Gasteiger partial charge on any atom is -0.395 e. The molecule has 0 radical (unpaired) electrons. The first-order valence-electron chi connectivity index (χ1n) is 10.4. The van der Waals surface area contributed by atoms with Gasteiger partial charge in [-0.15, -0.1) is 11.3 Å². The summed E-state index contributed by atoms with van der Waals surface area (Å²) < 4.78 is 7.25. The minimum atomic E-state index is -0.156. The van der Waals surface area contributed by atoms with Crippen LogP contribution in [-0.4, -0.2) is 48.8 Å². The fraction of sp³-hybridized carbons (Fsp3) is 0.375. The maximum Gasteiger partial charge on any atom is 0.261 e. The molecular formula is C24H28N2O3S. The van der Waals surface area contributed by atoms with Gasteiger partial charge in [-0.1, -0.05) is 36.4 Å². The van der Waals surface area contributed by atoms with E-state index in [4.69, 9.17) is 9.84 Å². The maximum atomic E-state index is 12.8. The molecule has 1 aliphatic heterocycles. The normalized spacial score (nSPS) is 17.4. The second kappa shape index (κ2) is 9.27. The number of aliphatic hydroxyl groups excluding tert-OH is 1. The minimum absolute atomic E-state index is 0.0738. The van der Waals surface area contributed by atoms with E-state index in [2.05, 4.69) is 48.3 Å². The van der Waals surface area contributed by atoms with Crippen molar-refractivity contribution in [2.75, 3.05) is 32.8 Å². The van der Waals surface area contributed by atoms with Crippen LogP contribution < -0.4 is 5.32 Å². The number of ether oxygens (including phenoxy) is 1. The highest BCUT2D eigenvalue weighted by atomic mass is 32.1. The number of thiophene rings is 1. The first-order valence-corrected chi connectivity index (χ1v) is 11.2. The van der Waals surface area contributed by atoms with E-state index in [0.29, 0.717) is 11.5 Å². The Morgan fingerprint density at radius 2 is 2.07 bits per heavy atom. The van der Waals surface area contributed by atoms with Crippen molar-refractivity contribution in [3.8, 4) is 0 Å². The Hall–Kier alpha value is -2.25. The number of benzene rings is 2. The quantitative estimate of drug-likeness (QED) is 0.632. The maximum absolute atomic E-state index is 12.8. The van der Waals surface area contributed by atoms with Crippen LogP contribution in [0.15, 0.2) is 42.5 Å². The Balaban J connectivity index is 1.60. The number of fused-ring (bicyclic) bond motifs is 1. The zero-order valence-electron chi connectivity index (χ0n) is 17.5. The van der Waals surface area contributed by atoms with Gasteiger partial charge in [0.25, 0.3) is 5.91 Å². The van der Waals surface area contributed by atoms with Gasteiger partial charge in [-0.05, 0) is 42.0 Å². The van der Waals surface area contributed by atoms with Crippen LogP contribution in [0.1, 0.15) is 38.0 Å². The number of carbonyl (C=O) groups is 1. The average Bonchev–Trinajstić information content (AvgIpc) is 3.14. The second-order valence-electron chi connectivity index (χ2n) is 7.83. The number of carbonyl (C=O) groups excluding carboxylic acids is 1. The van der Waals surface area contributed by atoms with Gasteiger partial charge in [-0.3, -0.25) is 9.69 Å². The number of aliphatic hydroxyl groups is 1. The van der Waals surface area contributed by atoms with Crippen LogP contribution in [-0.2, 0) is 11.3 Å². The molecule has 1 atom stereocenters. The summed E-state index contributed by atoms with van der Waals surface area (Å²) in [6.45, 7) is 7.58. The zero-order chi connectivity index (χ0) is 21.1. The largest absolute Gasteiger partial charge is 0.395 e. The predicted molar refractivity (Wildman–Crippen MR) is 121 cm³/mol. The van der Waals surface area contributed by atoms with Crippen LogP contribution in [0, 0.1) is 13.8 Å². The molecule has 1 aromatic heterocycles. The molecular weight excluding hydrogens is 396 g/mol. The molecule has 3 aromatic rings. The summed E-state index contributed by atoms with van der Waals surface area (Å²) in [5.74, 6) is -0.143. The number of amides is 1. The van der Waals surface area contributed by atoms with Crippen molar-refractivity contribution in [2.45, 2.75) is 26.5 Å². The molecule has 1 fully saturated rings.